The molecule has 3 nitrogen and oxygen atoms in total. The fourth-order valence-corrected chi connectivity index (χ4v) is 8.70. The Morgan fingerprint density at radius 1 is 0.618 bits per heavy atom. The van der Waals surface area contributed by atoms with E-state index in [0.29, 0.717) is 15.1 Å². The summed E-state index contributed by atoms with van der Waals surface area (Å²) in [5, 5.41) is 1.74. The Kier molecular flexibility index (Phi) is 7.78. The molecular formula is C26H20AsCl3O3S. The van der Waals surface area contributed by atoms with E-state index in [1.807, 2.05) is 43.3 Å². The van der Waals surface area contributed by atoms with E-state index in [0.717, 1.165) is 22.3 Å². The summed E-state index contributed by atoms with van der Waals surface area (Å²) < 4.78 is 31.4. The molecule has 4 rings (SSSR count). The predicted octanol–water partition coefficient (Wildman–Crippen LogP) is 7.00. The second kappa shape index (κ2) is 10.5. The zero-order chi connectivity index (χ0) is 24.3. The van der Waals surface area contributed by atoms with Gasteiger partial charge in [-0.25, -0.2) is 0 Å². The third-order valence-corrected chi connectivity index (χ3v) is 11.7. The van der Waals surface area contributed by atoms with Crippen LogP contribution in [0.15, 0.2) is 102 Å². The van der Waals surface area contributed by atoms with E-state index in [-0.39, 0.29) is 4.90 Å². The van der Waals surface area contributed by atoms with E-state index in [9.17, 15) is 8.42 Å². The fourth-order valence-electron chi connectivity index (χ4n) is 3.65. The van der Waals surface area contributed by atoms with Gasteiger partial charge < -0.3 is 0 Å². The van der Waals surface area contributed by atoms with Gasteiger partial charge in [-0.2, -0.15) is 0 Å². The Morgan fingerprint density at radius 2 is 0.971 bits per heavy atom. The summed E-state index contributed by atoms with van der Waals surface area (Å²) in [7, 11) is -3.98. The van der Waals surface area contributed by atoms with Crippen molar-refractivity contribution < 1.29 is 11.6 Å². The Bertz CT molecular complexity index is 1260. The van der Waals surface area contributed by atoms with Gasteiger partial charge in [0.1, 0.15) is 0 Å². The van der Waals surface area contributed by atoms with Crippen LogP contribution in [0.25, 0.3) is 0 Å². The standard InChI is InChI=1S/C26H20AsCl3O3S/c1-18-2-16-25(17-3-18)34(31,32)33-27-26(19-4-10-22(28)11-5-19,20-6-12-23(29)13-7-20)21-8-14-24(30)15-9-21/h2-17,27H,1H3. The van der Waals surface area contributed by atoms with Gasteiger partial charge in [0, 0.05) is 0 Å². The van der Waals surface area contributed by atoms with Crippen molar-refractivity contribution in [1.82, 2.24) is 0 Å². The summed E-state index contributed by atoms with van der Waals surface area (Å²) >= 11 is 16.8. The van der Waals surface area contributed by atoms with Crippen molar-refractivity contribution in [1.29, 1.82) is 0 Å². The molecule has 4 aromatic carbocycles. The van der Waals surface area contributed by atoms with Gasteiger partial charge >= 0.3 is 223 Å². The van der Waals surface area contributed by atoms with Crippen LogP contribution in [0.2, 0.25) is 15.1 Å². The molecule has 174 valence electrons. The van der Waals surface area contributed by atoms with Gasteiger partial charge in [0.05, 0.1) is 0 Å². The summed E-state index contributed by atoms with van der Waals surface area (Å²) in [5.41, 5.74) is 3.55. The zero-order valence-corrected chi connectivity index (χ0v) is 23.2. The van der Waals surface area contributed by atoms with Gasteiger partial charge in [-0.05, 0) is 0 Å². The fraction of sp³-hybridized carbons (Fsp3) is 0.0769. The van der Waals surface area contributed by atoms with Crippen molar-refractivity contribution in [2.24, 2.45) is 0 Å². The van der Waals surface area contributed by atoms with Crippen LogP contribution in [0.3, 0.4) is 0 Å². The van der Waals surface area contributed by atoms with Crippen LogP contribution in [-0.2, 0) is 17.5 Å². The van der Waals surface area contributed by atoms with Gasteiger partial charge in [0.25, 0.3) is 0 Å². The molecule has 0 aromatic heterocycles. The number of benzene rings is 4. The molecule has 0 saturated heterocycles. The minimum atomic E-state index is -3.98. The maximum atomic E-state index is 13.2. The summed E-state index contributed by atoms with van der Waals surface area (Å²) in [6.45, 7) is 1.90. The van der Waals surface area contributed by atoms with Gasteiger partial charge in [-0.3, -0.25) is 0 Å². The first-order valence-electron chi connectivity index (χ1n) is 10.3. The Labute approximate surface area is 221 Å². The normalized spacial score (nSPS) is 12.4. The number of hydrogen-bond acceptors (Lipinski definition) is 3. The third-order valence-electron chi connectivity index (χ3n) is 5.45. The second-order valence-electron chi connectivity index (χ2n) is 7.72. The minimum absolute atomic E-state index is 0.124. The van der Waals surface area contributed by atoms with Gasteiger partial charge in [-0.15, -0.1) is 0 Å². The molecular weight excluding hydrogens is 574 g/mol. The Hall–Kier alpha value is -1.78. The van der Waals surface area contributed by atoms with E-state index in [1.165, 1.54) is 0 Å². The number of halogens is 3. The molecule has 0 bridgehead atoms. The van der Waals surface area contributed by atoms with Crippen molar-refractivity contribution >= 4 is 61.0 Å². The van der Waals surface area contributed by atoms with Crippen LogP contribution in [0.5, 0.6) is 0 Å². The van der Waals surface area contributed by atoms with E-state index < -0.39 is 30.4 Å². The van der Waals surface area contributed by atoms with E-state index in [1.54, 1.807) is 60.7 Å². The quantitative estimate of drug-likeness (QED) is 0.171. The molecule has 0 N–H and O–H groups in total. The Morgan fingerprint density at radius 3 is 1.32 bits per heavy atom. The molecule has 4 aromatic rings. The first kappa shape index (κ1) is 25.3. The van der Waals surface area contributed by atoms with Crippen molar-refractivity contribution in [2.45, 2.75) is 16.0 Å². The third kappa shape index (κ3) is 5.38. The Balaban J connectivity index is 1.90. The first-order chi connectivity index (χ1) is 16.2. The molecule has 0 heterocycles. The molecule has 0 spiro atoms. The van der Waals surface area contributed by atoms with E-state index >= 15 is 0 Å². The molecule has 0 saturated carbocycles. The second-order valence-corrected chi connectivity index (χ2v) is 13.6. The molecule has 8 heteroatoms. The number of aryl methyl sites for hydroxylation is 1. The van der Waals surface area contributed by atoms with Crippen LogP contribution >= 0.6 is 34.8 Å². The monoisotopic (exact) mass is 592 g/mol. The van der Waals surface area contributed by atoms with Crippen molar-refractivity contribution in [3.8, 4) is 0 Å². The maximum absolute atomic E-state index is 13.2. The molecule has 0 radical (unpaired) electrons. The van der Waals surface area contributed by atoms with Crippen LogP contribution in [-0.4, -0.2) is 24.5 Å². The summed E-state index contributed by atoms with van der Waals surface area (Å²) in [6, 6.07) is 28.8. The summed E-state index contributed by atoms with van der Waals surface area (Å²) in [5.74, 6) is 0. The topological polar surface area (TPSA) is 43.4 Å². The van der Waals surface area contributed by atoms with E-state index in [4.69, 9.17) is 38.0 Å². The number of rotatable bonds is 7. The molecule has 0 aliphatic carbocycles. The summed E-state index contributed by atoms with van der Waals surface area (Å²) in [4.78, 5) is 0.124. The molecule has 0 fully saturated rings. The molecule has 0 aliphatic rings. The molecule has 1 unspecified atom stereocenters. The van der Waals surface area contributed by atoms with Gasteiger partial charge in [0.2, 0.25) is 0 Å². The van der Waals surface area contributed by atoms with Gasteiger partial charge in [-0.1, -0.05) is 0 Å². The SMILES string of the molecule is Cc1ccc(S(=O)(=O)O[AsH]C(c2ccc(Cl)cc2)(c2ccc(Cl)cc2)c2ccc(Cl)cc2)cc1. The molecule has 0 aliphatic heterocycles. The predicted molar refractivity (Wildman–Crippen MR) is 141 cm³/mol. The molecule has 0 amide bonds. The average Bonchev–Trinajstić information content (AvgIpc) is 2.82. The van der Waals surface area contributed by atoms with E-state index in [2.05, 4.69) is 0 Å². The van der Waals surface area contributed by atoms with Crippen LogP contribution in [0.4, 0.5) is 0 Å². The van der Waals surface area contributed by atoms with Gasteiger partial charge in [0.15, 0.2) is 0 Å². The van der Waals surface area contributed by atoms with Crippen LogP contribution in [0, 0.1) is 6.92 Å². The molecule has 1 atom stereocenters. The first-order valence-corrected chi connectivity index (χ1v) is 14.7. The number of hydrogen-bond donors (Lipinski definition) is 0. The average molecular weight is 594 g/mol. The van der Waals surface area contributed by atoms with Crippen molar-refractivity contribution in [2.75, 3.05) is 0 Å². The van der Waals surface area contributed by atoms with Crippen LogP contribution in [0.1, 0.15) is 22.3 Å². The van der Waals surface area contributed by atoms with Crippen molar-refractivity contribution in [3.05, 3.63) is 134 Å². The summed E-state index contributed by atoms with van der Waals surface area (Å²) in [6.07, 6.45) is 0. The van der Waals surface area contributed by atoms with Crippen LogP contribution < -0.4 is 0 Å². The molecule has 34 heavy (non-hydrogen) atoms. The van der Waals surface area contributed by atoms with Crippen molar-refractivity contribution in [3.63, 3.8) is 0 Å². The zero-order valence-electron chi connectivity index (χ0n) is 18.0.